The van der Waals surface area contributed by atoms with Crippen LogP contribution in [0, 0.1) is 5.82 Å². The number of benzene rings is 1. The van der Waals surface area contributed by atoms with Crippen LogP contribution < -0.4 is 5.32 Å². The predicted octanol–water partition coefficient (Wildman–Crippen LogP) is 4.10. The molecule has 0 unspecified atom stereocenters. The first-order chi connectivity index (χ1) is 8.76. The van der Waals surface area contributed by atoms with E-state index in [-0.39, 0.29) is 11.9 Å². The number of aryl methyl sites for hydroxylation is 1. The lowest BCUT2D eigenvalue weighted by Gasteiger charge is -2.22. The molecule has 1 aliphatic rings. The number of alkyl carbamates (subject to hydrolysis) is 1. The molecule has 1 aliphatic carbocycles. The van der Waals surface area contributed by atoms with E-state index in [9.17, 15) is 9.18 Å². The van der Waals surface area contributed by atoms with E-state index in [4.69, 9.17) is 4.74 Å². The number of ether oxygens (including phenoxy) is 1. The number of amides is 1. The highest BCUT2D eigenvalue weighted by Gasteiger charge is 2.27. The van der Waals surface area contributed by atoms with Crippen LogP contribution in [0.5, 0.6) is 0 Å². The molecule has 0 heterocycles. The van der Waals surface area contributed by atoms with Gasteiger partial charge in [-0.1, -0.05) is 0 Å². The van der Waals surface area contributed by atoms with Gasteiger partial charge in [0, 0.05) is 0 Å². The minimum atomic E-state index is -0.531. The maximum Gasteiger partial charge on any atom is 0.408 e. The van der Waals surface area contributed by atoms with Crippen molar-refractivity contribution in [1.29, 1.82) is 0 Å². The Morgan fingerprint density at radius 3 is 2.79 bits per heavy atom. The zero-order valence-electron chi connectivity index (χ0n) is 11.2. The molecule has 0 saturated carbocycles. The van der Waals surface area contributed by atoms with Gasteiger partial charge in [0.25, 0.3) is 0 Å². The van der Waals surface area contributed by atoms with Crippen molar-refractivity contribution in [3.8, 4) is 0 Å². The Kier molecular flexibility index (Phi) is 3.85. The number of carbonyl (C=O) groups is 1. The summed E-state index contributed by atoms with van der Waals surface area (Å²) < 4.78 is 19.2. The molecule has 104 valence electrons. The molecule has 19 heavy (non-hydrogen) atoms. The molecule has 1 aromatic rings. The van der Waals surface area contributed by atoms with Crippen LogP contribution in [-0.2, 0) is 11.2 Å². The number of hydrogen-bond donors (Lipinski definition) is 1. The van der Waals surface area contributed by atoms with Crippen LogP contribution >= 0.6 is 15.9 Å². The van der Waals surface area contributed by atoms with E-state index >= 15 is 0 Å². The third-order valence-corrected chi connectivity index (χ3v) is 3.56. The quantitative estimate of drug-likeness (QED) is 0.842. The van der Waals surface area contributed by atoms with E-state index < -0.39 is 11.7 Å². The first-order valence-electron chi connectivity index (χ1n) is 6.23. The summed E-state index contributed by atoms with van der Waals surface area (Å²) in [7, 11) is 0. The average Bonchev–Trinajstić information content (AvgIpc) is 2.59. The Balaban J connectivity index is 2.11. The van der Waals surface area contributed by atoms with Crippen LogP contribution in [0.4, 0.5) is 9.18 Å². The summed E-state index contributed by atoms with van der Waals surface area (Å²) >= 11 is 3.17. The molecule has 1 N–H and O–H groups in total. The average molecular weight is 330 g/mol. The van der Waals surface area contributed by atoms with Gasteiger partial charge >= 0.3 is 6.09 Å². The fraction of sp³-hybridized carbons (Fsp3) is 0.500. The monoisotopic (exact) mass is 329 g/mol. The van der Waals surface area contributed by atoms with Crippen LogP contribution in [0.15, 0.2) is 16.6 Å². The Morgan fingerprint density at radius 1 is 1.47 bits per heavy atom. The minimum absolute atomic E-state index is 0.174. The summed E-state index contributed by atoms with van der Waals surface area (Å²) in [6.07, 6.45) is 1.13. The topological polar surface area (TPSA) is 38.3 Å². The highest BCUT2D eigenvalue weighted by molar-refractivity contribution is 9.10. The van der Waals surface area contributed by atoms with Crippen molar-refractivity contribution in [3.05, 3.63) is 33.5 Å². The first kappa shape index (κ1) is 14.3. The summed E-state index contributed by atoms with van der Waals surface area (Å²) in [4.78, 5) is 11.7. The molecule has 5 heteroatoms. The van der Waals surface area contributed by atoms with Crippen molar-refractivity contribution in [3.63, 3.8) is 0 Å². The van der Waals surface area contributed by atoms with Gasteiger partial charge in [-0.15, -0.1) is 0 Å². The highest BCUT2D eigenvalue weighted by atomic mass is 79.9. The zero-order chi connectivity index (χ0) is 14.2. The zero-order valence-corrected chi connectivity index (χ0v) is 12.8. The van der Waals surface area contributed by atoms with Gasteiger partial charge in [0.2, 0.25) is 0 Å². The standard InChI is InChI=1S/C14H17BrFNO2/c1-14(2,3)19-13(18)17-12-5-4-8-6-10(15)11(16)7-9(8)12/h6-7,12H,4-5H2,1-3H3,(H,17,18)/t12-/m0/s1. The Bertz CT molecular complexity index is 511. The van der Waals surface area contributed by atoms with E-state index in [1.54, 1.807) is 6.07 Å². The molecule has 3 nitrogen and oxygen atoms in total. The summed E-state index contributed by atoms with van der Waals surface area (Å²) in [6.45, 7) is 5.43. The molecule has 1 aromatic carbocycles. The fourth-order valence-electron chi connectivity index (χ4n) is 2.20. The van der Waals surface area contributed by atoms with Gasteiger partial charge in [-0.05, 0) is 72.8 Å². The second-order valence-electron chi connectivity index (χ2n) is 5.70. The summed E-state index contributed by atoms with van der Waals surface area (Å²) in [6, 6.07) is 3.09. The highest BCUT2D eigenvalue weighted by Crippen LogP contribution is 2.34. The minimum Gasteiger partial charge on any atom is -0.444 e. The Morgan fingerprint density at radius 2 is 2.16 bits per heavy atom. The SMILES string of the molecule is CC(C)(C)OC(=O)N[C@H]1CCc2cc(Br)c(F)cc21. The lowest BCUT2D eigenvalue weighted by molar-refractivity contribution is 0.0503. The maximum atomic E-state index is 13.6. The van der Waals surface area contributed by atoms with E-state index in [1.165, 1.54) is 6.07 Å². The number of hydrogen-bond acceptors (Lipinski definition) is 2. The molecule has 1 atom stereocenters. The molecular weight excluding hydrogens is 313 g/mol. The first-order valence-corrected chi connectivity index (χ1v) is 7.03. The van der Waals surface area contributed by atoms with Crippen molar-refractivity contribution in [1.82, 2.24) is 5.32 Å². The normalized spacial score (nSPS) is 18.1. The predicted molar refractivity (Wildman–Crippen MR) is 74.5 cm³/mol. The number of carbonyl (C=O) groups excluding carboxylic acids is 1. The van der Waals surface area contributed by atoms with Crippen LogP contribution in [-0.4, -0.2) is 11.7 Å². The Hall–Kier alpha value is -1.10. The van der Waals surface area contributed by atoms with E-state index in [1.807, 2.05) is 20.8 Å². The molecule has 0 radical (unpaired) electrons. The van der Waals surface area contributed by atoms with Gasteiger partial charge in [-0.3, -0.25) is 0 Å². The van der Waals surface area contributed by atoms with Gasteiger partial charge in [0.15, 0.2) is 0 Å². The van der Waals surface area contributed by atoms with Crippen LogP contribution in [0.2, 0.25) is 0 Å². The smallest absolute Gasteiger partial charge is 0.408 e. The number of nitrogens with one attached hydrogen (secondary N) is 1. The largest absolute Gasteiger partial charge is 0.444 e. The maximum absolute atomic E-state index is 13.6. The van der Waals surface area contributed by atoms with Crippen LogP contribution in [0.25, 0.3) is 0 Å². The van der Waals surface area contributed by atoms with E-state index in [0.29, 0.717) is 4.47 Å². The van der Waals surface area contributed by atoms with Crippen LogP contribution in [0.1, 0.15) is 44.4 Å². The van der Waals surface area contributed by atoms with E-state index in [0.717, 1.165) is 24.0 Å². The molecular formula is C14H17BrFNO2. The molecule has 0 aliphatic heterocycles. The van der Waals surface area contributed by atoms with Gasteiger partial charge in [-0.2, -0.15) is 0 Å². The lowest BCUT2D eigenvalue weighted by atomic mass is 10.1. The second-order valence-corrected chi connectivity index (χ2v) is 6.56. The molecule has 2 rings (SSSR count). The fourth-order valence-corrected chi connectivity index (χ4v) is 2.59. The molecule has 0 bridgehead atoms. The van der Waals surface area contributed by atoms with E-state index in [2.05, 4.69) is 21.2 Å². The lowest BCUT2D eigenvalue weighted by Crippen LogP contribution is -2.34. The summed E-state index contributed by atoms with van der Waals surface area (Å²) in [5.74, 6) is -0.309. The van der Waals surface area contributed by atoms with Crippen molar-refractivity contribution in [2.45, 2.75) is 45.3 Å². The molecule has 0 spiro atoms. The number of rotatable bonds is 1. The number of halogens is 2. The third-order valence-electron chi connectivity index (χ3n) is 2.95. The van der Waals surface area contributed by atoms with Crippen molar-refractivity contribution >= 4 is 22.0 Å². The van der Waals surface area contributed by atoms with Crippen molar-refractivity contribution in [2.24, 2.45) is 0 Å². The Labute approximate surface area is 120 Å². The third kappa shape index (κ3) is 3.47. The molecule has 0 fully saturated rings. The van der Waals surface area contributed by atoms with Crippen LogP contribution in [0.3, 0.4) is 0 Å². The number of fused-ring (bicyclic) bond motifs is 1. The van der Waals surface area contributed by atoms with Gasteiger partial charge in [0.05, 0.1) is 10.5 Å². The molecule has 0 saturated heterocycles. The summed E-state index contributed by atoms with van der Waals surface area (Å²) in [5.41, 5.74) is 1.37. The van der Waals surface area contributed by atoms with Gasteiger partial charge in [-0.25, -0.2) is 9.18 Å². The molecule has 1 amide bonds. The van der Waals surface area contributed by atoms with Gasteiger partial charge in [0.1, 0.15) is 11.4 Å². The summed E-state index contributed by atoms with van der Waals surface area (Å²) in [5, 5.41) is 2.80. The second kappa shape index (κ2) is 5.12. The van der Waals surface area contributed by atoms with Gasteiger partial charge < -0.3 is 10.1 Å². The van der Waals surface area contributed by atoms with Crippen molar-refractivity contribution in [2.75, 3.05) is 0 Å². The molecule has 0 aromatic heterocycles. The van der Waals surface area contributed by atoms with Crippen molar-refractivity contribution < 1.29 is 13.9 Å².